The molecule has 1 aliphatic rings. The van der Waals surface area contributed by atoms with E-state index in [1.54, 1.807) is 43.3 Å². The minimum atomic E-state index is -3.69. The highest BCUT2D eigenvalue weighted by Crippen LogP contribution is 2.29. The first-order valence-electron chi connectivity index (χ1n) is 12.6. The molecule has 8 heteroatoms. The maximum atomic E-state index is 13.5. The summed E-state index contributed by atoms with van der Waals surface area (Å²) < 4.78 is 28.0. The molecule has 36 heavy (non-hydrogen) atoms. The Balaban J connectivity index is 1.61. The van der Waals surface area contributed by atoms with Crippen LogP contribution in [0.25, 0.3) is 10.8 Å². The largest absolute Gasteiger partial charge is 0.344 e. The van der Waals surface area contributed by atoms with Crippen molar-refractivity contribution >= 4 is 38.3 Å². The van der Waals surface area contributed by atoms with Crippen LogP contribution in [-0.4, -0.2) is 32.8 Å². The van der Waals surface area contributed by atoms with E-state index < -0.39 is 16.1 Å². The number of carbonyl (C=O) groups excluding carboxylic acids is 2. The minimum Gasteiger partial charge on any atom is -0.344 e. The summed E-state index contributed by atoms with van der Waals surface area (Å²) >= 11 is 0. The van der Waals surface area contributed by atoms with Crippen molar-refractivity contribution in [3.8, 4) is 0 Å². The van der Waals surface area contributed by atoms with E-state index in [9.17, 15) is 18.0 Å². The summed E-state index contributed by atoms with van der Waals surface area (Å²) in [6.07, 6.45) is 5.25. The summed E-state index contributed by atoms with van der Waals surface area (Å²) in [7, 11) is -3.69. The summed E-state index contributed by atoms with van der Waals surface area (Å²) in [5.41, 5.74) is 1.44. The molecule has 0 heterocycles. The number of sulfonamides is 1. The molecule has 190 valence electrons. The Morgan fingerprint density at radius 2 is 1.58 bits per heavy atom. The van der Waals surface area contributed by atoms with Crippen molar-refractivity contribution in [2.45, 2.75) is 56.4 Å². The van der Waals surface area contributed by atoms with Gasteiger partial charge < -0.3 is 10.6 Å². The fourth-order valence-electron chi connectivity index (χ4n) is 4.83. The lowest BCUT2D eigenvalue weighted by Gasteiger charge is -2.25. The molecule has 0 radical (unpaired) electrons. The molecule has 1 fully saturated rings. The van der Waals surface area contributed by atoms with Crippen LogP contribution in [0.2, 0.25) is 0 Å². The average Bonchev–Trinajstić information content (AvgIpc) is 2.89. The van der Waals surface area contributed by atoms with E-state index in [0.717, 1.165) is 37.7 Å². The predicted molar refractivity (Wildman–Crippen MR) is 142 cm³/mol. The van der Waals surface area contributed by atoms with Crippen molar-refractivity contribution in [2.24, 2.45) is 5.92 Å². The molecule has 3 N–H and O–H groups in total. The van der Waals surface area contributed by atoms with E-state index in [1.165, 1.54) is 0 Å². The molecule has 1 aliphatic carbocycles. The number of benzene rings is 3. The summed E-state index contributed by atoms with van der Waals surface area (Å²) in [6, 6.07) is 19.0. The van der Waals surface area contributed by atoms with Gasteiger partial charge in [-0.2, -0.15) is 0 Å². The van der Waals surface area contributed by atoms with Gasteiger partial charge in [0.1, 0.15) is 6.04 Å². The van der Waals surface area contributed by atoms with Crippen LogP contribution < -0.4 is 15.4 Å². The van der Waals surface area contributed by atoms with Crippen molar-refractivity contribution in [1.29, 1.82) is 0 Å². The van der Waals surface area contributed by atoms with E-state index in [-0.39, 0.29) is 29.2 Å². The van der Waals surface area contributed by atoms with E-state index >= 15 is 0 Å². The number of nitrogens with one attached hydrogen (secondary N) is 3. The Bertz CT molecular complexity index is 1320. The van der Waals surface area contributed by atoms with Gasteiger partial charge in [0.15, 0.2) is 0 Å². The molecule has 3 aromatic carbocycles. The summed E-state index contributed by atoms with van der Waals surface area (Å²) in [4.78, 5) is 26.7. The van der Waals surface area contributed by atoms with E-state index in [0.29, 0.717) is 22.9 Å². The molecule has 7 nitrogen and oxygen atoms in total. The van der Waals surface area contributed by atoms with Crippen molar-refractivity contribution < 1.29 is 18.0 Å². The molecular formula is C28H33N3O4S. The third-order valence-corrected chi connectivity index (χ3v) is 8.26. The van der Waals surface area contributed by atoms with E-state index in [1.807, 2.05) is 30.3 Å². The quantitative estimate of drug-likeness (QED) is 0.400. The number of hydrogen-bond donors (Lipinski definition) is 3. The molecular weight excluding hydrogens is 474 g/mol. The summed E-state index contributed by atoms with van der Waals surface area (Å²) in [5.74, 6) is -0.487. The molecule has 0 saturated heterocycles. The molecule has 0 aliphatic heterocycles. The van der Waals surface area contributed by atoms with Gasteiger partial charge in [-0.25, -0.2) is 13.1 Å². The van der Waals surface area contributed by atoms with Gasteiger partial charge in [-0.3, -0.25) is 9.59 Å². The van der Waals surface area contributed by atoms with Crippen LogP contribution in [0.4, 0.5) is 5.69 Å². The van der Waals surface area contributed by atoms with Crippen LogP contribution in [0, 0.1) is 5.92 Å². The Kier molecular flexibility index (Phi) is 8.38. The van der Waals surface area contributed by atoms with Crippen LogP contribution in [-0.2, 0) is 26.0 Å². The molecule has 1 unspecified atom stereocenters. The Labute approximate surface area is 212 Å². The molecule has 1 atom stereocenters. The van der Waals surface area contributed by atoms with Gasteiger partial charge in [0.2, 0.25) is 21.8 Å². The molecule has 0 aromatic heterocycles. The highest BCUT2D eigenvalue weighted by atomic mass is 32.2. The summed E-state index contributed by atoms with van der Waals surface area (Å²) in [5, 5.41) is 7.08. The number of amides is 2. The van der Waals surface area contributed by atoms with Crippen LogP contribution in [0.15, 0.2) is 71.6 Å². The summed E-state index contributed by atoms with van der Waals surface area (Å²) in [6.45, 7) is 2.00. The number of rotatable bonds is 9. The van der Waals surface area contributed by atoms with Crippen molar-refractivity contribution in [3.63, 3.8) is 0 Å². The number of anilines is 1. The van der Waals surface area contributed by atoms with Crippen molar-refractivity contribution in [2.75, 3.05) is 11.9 Å². The molecule has 0 spiro atoms. The predicted octanol–water partition coefficient (Wildman–Crippen LogP) is 4.38. The Morgan fingerprint density at radius 1 is 0.889 bits per heavy atom. The second-order valence-electron chi connectivity index (χ2n) is 9.23. The normalized spacial score (nSPS) is 15.4. The monoisotopic (exact) mass is 507 g/mol. The highest BCUT2D eigenvalue weighted by Gasteiger charge is 2.27. The molecule has 1 saturated carbocycles. The number of fused-ring (bicyclic) bond motifs is 1. The van der Waals surface area contributed by atoms with E-state index in [4.69, 9.17) is 0 Å². The van der Waals surface area contributed by atoms with Crippen LogP contribution in [0.3, 0.4) is 0 Å². The third-order valence-electron chi connectivity index (χ3n) is 6.66. The SMILES string of the molecule is CCNS(=O)(=O)c1cccc2c(NC(=O)C(Cc3ccccc3)NC(=O)C3CCCCC3)cccc12. The first-order chi connectivity index (χ1) is 17.4. The zero-order valence-electron chi connectivity index (χ0n) is 20.5. The van der Waals surface area contributed by atoms with E-state index in [2.05, 4.69) is 15.4 Å². The topological polar surface area (TPSA) is 104 Å². The van der Waals surface area contributed by atoms with Gasteiger partial charge in [-0.15, -0.1) is 0 Å². The first-order valence-corrected chi connectivity index (χ1v) is 14.0. The average molecular weight is 508 g/mol. The zero-order valence-corrected chi connectivity index (χ0v) is 21.3. The number of carbonyl (C=O) groups is 2. The number of hydrogen-bond acceptors (Lipinski definition) is 4. The lowest BCUT2D eigenvalue weighted by atomic mass is 9.88. The Hall–Kier alpha value is -3.23. The maximum absolute atomic E-state index is 13.5. The lowest BCUT2D eigenvalue weighted by Crippen LogP contribution is -2.47. The van der Waals surface area contributed by atoms with Crippen LogP contribution in [0.5, 0.6) is 0 Å². The van der Waals surface area contributed by atoms with Crippen molar-refractivity contribution in [3.05, 3.63) is 72.3 Å². The standard InChI is InChI=1S/C28H33N3O4S/c1-2-29-36(34,35)26-18-10-15-22-23(26)16-9-17-24(22)30-28(33)25(19-20-11-5-3-6-12-20)31-27(32)21-13-7-4-8-14-21/h3,5-6,9-12,15-18,21,25,29H,2,4,7-8,13-14,19H2,1H3,(H,30,33)(H,31,32). The molecule has 3 aromatic rings. The third kappa shape index (κ3) is 6.12. The second-order valence-corrected chi connectivity index (χ2v) is 11.0. The lowest BCUT2D eigenvalue weighted by molar-refractivity contribution is -0.130. The second kappa shape index (κ2) is 11.7. The fourth-order valence-corrected chi connectivity index (χ4v) is 6.09. The Morgan fingerprint density at radius 3 is 2.31 bits per heavy atom. The molecule has 2 amide bonds. The van der Waals surface area contributed by atoms with Gasteiger partial charge in [-0.1, -0.05) is 80.8 Å². The molecule has 0 bridgehead atoms. The van der Waals surface area contributed by atoms with Gasteiger partial charge >= 0.3 is 0 Å². The van der Waals surface area contributed by atoms with Gasteiger partial charge in [0.25, 0.3) is 0 Å². The fraction of sp³-hybridized carbons (Fsp3) is 0.357. The first kappa shape index (κ1) is 25.9. The van der Waals surface area contributed by atoms with Crippen LogP contribution >= 0.6 is 0 Å². The van der Waals surface area contributed by atoms with Gasteiger partial charge in [-0.05, 0) is 30.5 Å². The van der Waals surface area contributed by atoms with Crippen molar-refractivity contribution in [1.82, 2.24) is 10.0 Å². The van der Waals surface area contributed by atoms with Crippen LogP contribution in [0.1, 0.15) is 44.6 Å². The smallest absolute Gasteiger partial charge is 0.247 e. The maximum Gasteiger partial charge on any atom is 0.247 e. The van der Waals surface area contributed by atoms with Gasteiger partial charge in [0, 0.05) is 35.3 Å². The minimum absolute atomic E-state index is 0.0683. The van der Waals surface area contributed by atoms with Gasteiger partial charge in [0.05, 0.1) is 4.90 Å². The highest BCUT2D eigenvalue weighted by molar-refractivity contribution is 7.89. The molecule has 4 rings (SSSR count). The zero-order chi connectivity index (χ0) is 25.5.